The smallest absolute Gasteiger partial charge is 0.355 e. The molecule has 1 atom stereocenters. The number of hydrogen-bond donors (Lipinski definition) is 1. The predicted molar refractivity (Wildman–Crippen MR) is 104 cm³/mol. The zero-order valence-electron chi connectivity index (χ0n) is 16.5. The van der Waals surface area contributed by atoms with Crippen LogP contribution in [-0.2, 0) is 20.7 Å². The highest BCUT2D eigenvalue weighted by atomic mass is 16.5. The topological polar surface area (TPSA) is 88.7 Å². The summed E-state index contributed by atoms with van der Waals surface area (Å²) < 4.78 is 10.3. The monoisotopic (exact) mass is 384 g/mol. The number of carbonyl (C=O) groups excluding carboxylic acids is 3. The van der Waals surface area contributed by atoms with E-state index in [0.29, 0.717) is 16.8 Å². The number of aryl methyl sites for hydroxylation is 1. The summed E-state index contributed by atoms with van der Waals surface area (Å²) >= 11 is 0. The van der Waals surface area contributed by atoms with Gasteiger partial charge in [-0.15, -0.1) is 0 Å². The van der Waals surface area contributed by atoms with Gasteiger partial charge in [-0.3, -0.25) is 4.79 Å². The van der Waals surface area contributed by atoms with Crippen molar-refractivity contribution in [3.05, 3.63) is 52.3 Å². The number of ether oxygens (including phenoxy) is 2. The zero-order valence-corrected chi connectivity index (χ0v) is 16.5. The van der Waals surface area contributed by atoms with Crippen molar-refractivity contribution < 1.29 is 23.9 Å². The quantitative estimate of drug-likeness (QED) is 0.801. The Labute approximate surface area is 163 Å². The number of amides is 1. The fourth-order valence-corrected chi connectivity index (χ4v) is 3.68. The van der Waals surface area contributed by atoms with E-state index in [1.165, 1.54) is 0 Å². The highest BCUT2D eigenvalue weighted by Gasteiger charge is 2.31. The first-order chi connectivity index (χ1) is 13.3. The molecule has 0 fully saturated rings. The standard InChI is InChI=1S/C21H24N2O5/c1-5-27-20(25)18-13(3)19(22-14(18)4)21(26)28-11-17(24)23-12(2)10-15-8-6-7-9-16(15)23/h6-9,12,22H,5,10-11H2,1-4H3/t12-/m1/s1. The molecule has 1 aromatic heterocycles. The highest BCUT2D eigenvalue weighted by molar-refractivity contribution is 6.01. The second kappa shape index (κ2) is 7.88. The minimum absolute atomic E-state index is 0.00786. The molecule has 2 heterocycles. The number of esters is 2. The summed E-state index contributed by atoms with van der Waals surface area (Å²) in [6.45, 7) is 6.88. The van der Waals surface area contributed by atoms with Crippen LogP contribution in [0.15, 0.2) is 24.3 Å². The Morgan fingerprint density at radius 3 is 2.57 bits per heavy atom. The van der Waals surface area contributed by atoms with Crippen LogP contribution in [0.2, 0.25) is 0 Å². The van der Waals surface area contributed by atoms with Gasteiger partial charge in [-0.25, -0.2) is 9.59 Å². The average Bonchev–Trinajstić information content (AvgIpc) is 3.15. The molecule has 2 aromatic rings. The molecule has 0 saturated heterocycles. The van der Waals surface area contributed by atoms with Crippen molar-refractivity contribution in [2.75, 3.05) is 18.1 Å². The molecular weight excluding hydrogens is 360 g/mol. The lowest BCUT2D eigenvalue weighted by Gasteiger charge is -2.22. The number of para-hydroxylation sites is 1. The molecule has 0 aliphatic carbocycles. The Kier molecular flexibility index (Phi) is 5.53. The number of nitrogens with one attached hydrogen (secondary N) is 1. The normalized spacial score (nSPS) is 15.3. The van der Waals surface area contributed by atoms with E-state index in [1.54, 1.807) is 25.7 Å². The van der Waals surface area contributed by atoms with E-state index in [0.717, 1.165) is 17.7 Å². The maximum atomic E-state index is 12.7. The number of benzene rings is 1. The van der Waals surface area contributed by atoms with Gasteiger partial charge in [0.1, 0.15) is 5.69 Å². The Balaban J connectivity index is 1.70. The van der Waals surface area contributed by atoms with E-state index >= 15 is 0 Å². The van der Waals surface area contributed by atoms with Crippen molar-refractivity contribution in [1.82, 2.24) is 4.98 Å². The third kappa shape index (κ3) is 3.52. The molecule has 1 aliphatic rings. The van der Waals surface area contributed by atoms with Gasteiger partial charge < -0.3 is 19.4 Å². The third-order valence-corrected chi connectivity index (χ3v) is 4.92. The fraction of sp³-hybridized carbons (Fsp3) is 0.381. The zero-order chi connectivity index (χ0) is 20.4. The second-order valence-electron chi connectivity index (χ2n) is 6.87. The number of hydrogen-bond acceptors (Lipinski definition) is 5. The molecule has 0 saturated carbocycles. The van der Waals surface area contributed by atoms with Crippen LogP contribution in [0.1, 0.15) is 51.5 Å². The highest BCUT2D eigenvalue weighted by Crippen LogP contribution is 2.31. The molecule has 3 rings (SSSR count). The molecule has 7 heteroatoms. The van der Waals surface area contributed by atoms with Crippen molar-refractivity contribution in [2.45, 2.75) is 40.2 Å². The Hall–Kier alpha value is -3.09. The van der Waals surface area contributed by atoms with Gasteiger partial charge in [0, 0.05) is 17.4 Å². The van der Waals surface area contributed by atoms with Gasteiger partial charge in [0.05, 0.1) is 12.2 Å². The van der Waals surface area contributed by atoms with Crippen LogP contribution in [0, 0.1) is 13.8 Å². The SMILES string of the molecule is CCOC(=O)c1c(C)[nH]c(C(=O)OCC(=O)N2c3ccccc3C[C@H]2C)c1C. The van der Waals surface area contributed by atoms with E-state index in [9.17, 15) is 14.4 Å². The molecule has 1 amide bonds. The molecule has 0 bridgehead atoms. The summed E-state index contributed by atoms with van der Waals surface area (Å²) in [5.74, 6) is -1.45. The van der Waals surface area contributed by atoms with Crippen LogP contribution in [0.25, 0.3) is 0 Å². The lowest BCUT2D eigenvalue weighted by molar-refractivity contribution is -0.122. The number of rotatable bonds is 5. The van der Waals surface area contributed by atoms with Gasteiger partial charge in [0.2, 0.25) is 0 Å². The predicted octanol–water partition coefficient (Wildman–Crippen LogP) is 2.94. The van der Waals surface area contributed by atoms with E-state index in [4.69, 9.17) is 9.47 Å². The minimum Gasteiger partial charge on any atom is -0.462 e. The largest absolute Gasteiger partial charge is 0.462 e. The van der Waals surface area contributed by atoms with Gasteiger partial charge in [0.15, 0.2) is 6.61 Å². The third-order valence-electron chi connectivity index (χ3n) is 4.92. The Morgan fingerprint density at radius 1 is 1.14 bits per heavy atom. The van der Waals surface area contributed by atoms with Crippen LogP contribution in [0.3, 0.4) is 0 Å². The molecule has 1 aromatic carbocycles. The van der Waals surface area contributed by atoms with Crippen LogP contribution in [0.4, 0.5) is 5.69 Å². The van der Waals surface area contributed by atoms with Crippen LogP contribution in [-0.4, -0.2) is 42.1 Å². The summed E-state index contributed by atoms with van der Waals surface area (Å²) in [6.07, 6.45) is 0.772. The second-order valence-corrected chi connectivity index (χ2v) is 6.87. The van der Waals surface area contributed by atoms with Crippen molar-refractivity contribution in [1.29, 1.82) is 0 Å². The summed E-state index contributed by atoms with van der Waals surface area (Å²) in [6, 6.07) is 7.71. The van der Waals surface area contributed by atoms with Gasteiger partial charge >= 0.3 is 11.9 Å². The summed E-state index contributed by atoms with van der Waals surface area (Å²) in [5, 5.41) is 0. The number of aromatic nitrogens is 1. The number of nitrogens with zero attached hydrogens (tertiary/aromatic N) is 1. The Bertz CT molecular complexity index is 931. The summed E-state index contributed by atoms with van der Waals surface area (Å²) in [7, 11) is 0. The van der Waals surface area contributed by atoms with E-state index < -0.39 is 11.9 Å². The Morgan fingerprint density at radius 2 is 1.86 bits per heavy atom. The van der Waals surface area contributed by atoms with Crippen LogP contribution < -0.4 is 4.90 Å². The number of aromatic amines is 1. The molecule has 0 unspecified atom stereocenters. The molecular formula is C21H24N2O5. The lowest BCUT2D eigenvalue weighted by Crippen LogP contribution is -2.38. The molecule has 7 nitrogen and oxygen atoms in total. The maximum Gasteiger partial charge on any atom is 0.355 e. The molecule has 0 radical (unpaired) electrons. The van der Waals surface area contributed by atoms with Crippen molar-refractivity contribution in [3.63, 3.8) is 0 Å². The molecule has 1 aliphatic heterocycles. The summed E-state index contributed by atoms with van der Waals surface area (Å²) in [5.41, 5.74) is 3.41. The first kappa shape index (κ1) is 19.7. The van der Waals surface area contributed by atoms with Gasteiger partial charge in [-0.1, -0.05) is 18.2 Å². The van der Waals surface area contributed by atoms with E-state index in [2.05, 4.69) is 4.98 Å². The van der Waals surface area contributed by atoms with E-state index in [1.807, 2.05) is 31.2 Å². The molecule has 28 heavy (non-hydrogen) atoms. The van der Waals surface area contributed by atoms with Crippen LogP contribution in [0.5, 0.6) is 0 Å². The fourth-order valence-electron chi connectivity index (χ4n) is 3.68. The van der Waals surface area contributed by atoms with Crippen molar-refractivity contribution in [2.24, 2.45) is 0 Å². The van der Waals surface area contributed by atoms with Crippen molar-refractivity contribution >= 4 is 23.5 Å². The van der Waals surface area contributed by atoms with Gasteiger partial charge in [-0.2, -0.15) is 0 Å². The number of carbonyl (C=O) groups is 3. The van der Waals surface area contributed by atoms with Gasteiger partial charge in [-0.05, 0) is 51.3 Å². The maximum absolute atomic E-state index is 12.7. The minimum atomic E-state index is -0.676. The number of anilines is 1. The number of H-pyrrole nitrogens is 1. The first-order valence-electron chi connectivity index (χ1n) is 9.28. The first-order valence-corrected chi connectivity index (χ1v) is 9.28. The number of fused-ring (bicyclic) bond motifs is 1. The lowest BCUT2D eigenvalue weighted by atomic mass is 10.1. The van der Waals surface area contributed by atoms with Crippen molar-refractivity contribution in [3.8, 4) is 0 Å². The van der Waals surface area contributed by atoms with Gasteiger partial charge in [0.25, 0.3) is 5.91 Å². The van der Waals surface area contributed by atoms with E-state index in [-0.39, 0.29) is 30.9 Å². The molecule has 1 N–H and O–H groups in total. The molecule has 148 valence electrons. The summed E-state index contributed by atoms with van der Waals surface area (Å²) in [4.78, 5) is 41.7. The van der Waals surface area contributed by atoms with Crippen LogP contribution >= 0.6 is 0 Å². The molecule has 0 spiro atoms. The average molecular weight is 384 g/mol.